The van der Waals surface area contributed by atoms with Gasteiger partial charge in [0.1, 0.15) is 0 Å². The number of benzene rings is 1. The summed E-state index contributed by atoms with van der Waals surface area (Å²) >= 11 is 5.84. The summed E-state index contributed by atoms with van der Waals surface area (Å²) in [6.07, 6.45) is 4.50. The van der Waals surface area contributed by atoms with Crippen LogP contribution in [0.2, 0.25) is 5.02 Å². The van der Waals surface area contributed by atoms with E-state index in [4.69, 9.17) is 16.7 Å². The smallest absolute Gasteiger partial charge is 0.307 e. The number of halogens is 1. The molecule has 0 saturated carbocycles. The highest BCUT2D eigenvalue weighted by Crippen LogP contribution is 2.27. The molecule has 0 spiro atoms. The summed E-state index contributed by atoms with van der Waals surface area (Å²) in [6.45, 7) is 0. The lowest BCUT2D eigenvalue weighted by atomic mass is 9.82. The van der Waals surface area contributed by atoms with Crippen LogP contribution in [0.25, 0.3) is 0 Å². The molecule has 0 aromatic heterocycles. The van der Waals surface area contributed by atoms with Gasteiger partial charge in [-0.05, 0) is 31.0 Å². The third-order valence-corrected chi connectivity index (χ3v) is 3.41. The van der Waals surface area contributed by atoms with Gasteiger partial charge in [-0.1, -0.05) is 29.8 Å². The normalized spacial score (nSPS) is 21.9. The topological polar surface area (TPSA) is 66.4 Å². The number of hydrogen-bond acceptors (Lipinski definition) is 2. The Morgan fingerprint density at radius 3 is 2.53 bits per heavy atom. The van der Waals surface area contributed by atoms with Crippen molar-refractivity contribution in [3.05, 3.63) is 41.4 Å². The lowest BCUT2D eigenvalue weighted by Crippen LogP contribution is -2.34. The van der Waals surface area contributed by atoms with E-state index in [2.05, 4.69) is 5.32 Å². The largest absolute Gasteiger partial charge is 0.481 e. The van der Waals surface area contributed by atoms with Crippen molar-refractivity contribution in [3.63, 3.8) is 0 Å². The molecule has 1 amide bonds. The number of hydrogen-bond donors (Lipinski definition) is 2. The maximum Gasteiger partial charge on any atom is 0.307 e. The molecular weight excluding hydrogens is 266 g/mol. The highest BCUT2D eigenvalue weighted by molar-refractivity contribution is 6.30. The minimum atomic E-state index is -0.935. The minimum Gasteiger partial charge on any atom is -0.481 e. The Labute approximate surface area is 116 Å². The van der Waals surface area contributed by atoms with Crippen LogP contribution in [-0.2, 0) is 9.59 Å². The van der Waals surface area contributed by atoms with Crippen molar-refractivity contribution in [3.8, 4) is 0 Å². The first-order chi connectivity index (χ1) is 9.08. The number of carbonyl (C=O) groups is 2. The fourth-order valence-electron chi connectivity index (χ4n) is 2.18. The molecule has 2 rings (SSSR count). The molecule has 1 aliphatic rings. The lowest BCUT2D eigenvalue weighted by molar-refractivity contribution is -0.146. The van der Waals surface area contributed by atoms with E-state index in [-0.39, 0.29) is 5.91 Å². The van der Waals surface area contributed by atoms with E-state index in [9.17, 15) is 9.59 Å². The molecule has 1 aromatic carbocycles. The van der Waals surface area contributed by atoms with Gasteiger partial charge in [-0.15, -0.1) is 0 Å². The number of aliphatic carboxylic acids is 1. The Bertz CT molecular complexity index is 527. The number of amides is 1. The van der Waals surface area contributed by atoms with Crippen LogP contribution < -0.4 is 5.32 Å². The monoisotopic (exact) mass is 279 g/mol. The molecule has 1 aliphatic carbocycles. The Morgan fingerprint density at radius 1 is 1.21 bits per heavy atom. The van der Waals surface area contributed by atoms with Crippen molar-refractivity contribution in [1.29, 1.82) is 0 Å². The first-order valence-corrected chi connectivity index (χ1v) is 6.40. The maximum atomic E-state index is 12.1. The van der Waals surface area contributed by atoms with Gasteiger partial charge in [0.25, 0.3) is 0 Å². The first-order valence-electron chi connectivity index (χ1n) is 6.02. The van der Waals surface area contributed by atoms with E-state index in [0.29, 0.717) is 23.6 Å². The summed E-state index contributed by atoms with van der Waals surface area (Å²) in [4.78, 5) is 23.3. The number of carboxylic acid groups (broad SMARTS) is 1. The molecule has 4 nitrogen and oxygen atoms in total. The third-order valence-electron chi connectivity index (χ3n) is 3.18. The van der Waals surface area contributed by atoms with Gasteiger partial charge in [0.05, 0.1) is 11.8 Å². The van der Waals surface area contributed by atoms with Crippen LogP contribution in [-0.4, -0.2) is 17.0 Å². The first kappa shape index (κ1) is 13.6. The molecule has 0 saturated heterocycles. The second kappa shape index (κ2) is 5.89. The SMILES string of the molecule is O=C(Nc1cccc(Cl)c1)[C@H]1CC=CC[C@H]1C(=O)O. The lowest BCUT2D eigenvalue weighted by Gasteiger charge is -2.24. The van der Waals surface area contributed by atoms with Gasteiger partial charge >= 0.3 is 5.97 Å². The van der Waals surface area contributed by atoms with Crippen LogP contribution in [0.15, 0.2) is 36.4 Å². The van der Waals surface area contributed by atoms with Crippen LogP contribution >= 0.6 is 11.6 Å². The number of anilines is 1. The van der Waals surface area contributed by atoms with E-state index >= 15 is 0 Å². The Morgan fingerprint density at radius 2 is 1.89 bits per heavy atom. The molecule has 0 radical (unpaired) electrons. The fraction of sp³-hybridized carbons (Fsp3) is 0.286. The van der Waals surface area contributed by atoms with Crippen LogP contribution in [0, 0.1) is 11.8 Å². The predicted octanol–water partition coefficient (Wildman–Crippen LogP) is 2.95. The molecule has 0 bridgehead atoms. The summed E-state index contributed by atoms with van der Waals surface area (Å²) < 4.78 is 0. The second-order valence-electron chi connectivity index (χ2n) is 4.49. The summed E-state index contributed by atoms with van der Waals surface area (Å²) in [7, 11) is 0. The van der Waals surface area contributed by atoms with Crippen molar-refractivity contribution >= 4 is 29.2 Å². The summed E-state index contributed by atoms with van der Waals surface area (Å²) in [6, 6.07) is 6.79. The number of nitrogens with one attached hydrogen (secondary N) is 1. The summed E-state index contributed by atoms with van der Waals surface area (Å²) in [5.41, 5.74) is 0.580. The zero-order valence-electron chi connectivity index (χ0n) is 10.2. The van der Waals surface area contributed by atoms with Crippen LogP contribution in [0.3, 0.4) is 0 Å². The third kappa shape index (κ3) is 3.35. The van der Waals surface area contributed by atoms with Crippen LogP contribution in [0.4, 0.5) is 5.69 Å². The van der Waals surface area contributed by atoms with Gasteiger partial charge in [0.2, 0.25) is 5.91 Å². The molecule has 0 fully saturated rings. The molecule has 0 aliphatic heterocycles. The van der Waals surface area contributed by atoms with Gasteiger partial charge in [-0.2, -0.15) is 0 Å². The van der Waals surface area contributed by atoms with E-state index in [1.807, 2.05) is 12.2 Å². The van der Waals surface area contributed by atoms with Gasteiger partial charge in [0.15, 0.2) is 0 Å². The molecule has 19 heavy (non-hydrogen) atoms. The van der Waals surface area contributed by atoms with Gasteiger partial charge in [0, 0.05) is 10.7 Å². The van der Waals surface area contributed by atoms with E-state index in [1.54, 1.807) is 24.3 Å². The molecule has 0 unspecified atom stereocenters. The molecule has 2 N–H and O–H groups in total. The number of allylic oxidation sites excluding steroid dienone is 2. The Kier molecular flexibility index (Phi) is 4.22. The predicted molar refractivity (Wildman–Crippen MR) is 73.1 cm³/mol. The Balaban J connectivity index is 2.10. The second-order valence-corrected chi connectivity index (χ2v) is 4.93. The average molecular weight is 280 g/mol. The zero-order valence-corrected chi connectivity index (χ0v) is 10.9. The standard InChI is InChI=1S/C14H14ClNO3/c15-9-4-3-5-10(8-9)16-13(17)11-6-1-2-7-12(11)14(18)19/h1-5,8,11-12H,6-7H2,(H,16,17)(H,18,19)/t11-,12+/m0/s1. The quantitative estimate of drug-likeness (QED) is 0.836. The molecule has 0 heterocycles. The van der Waals surface area contributed by atoms with E-state index in [1.165, 1.54) is 0 Å². The van der Waals surface area contributed by atoms with Crippen LogP contribution in [0.5, 0.6) is 0 Å². The van der Waals surface area contributed by atoms with Crippen molar-refractivity contribution in [2.24, 2.45) is 11.8 Å². The van der Waals surface area contributed by atoms with Crippen molar-refractivity contribution < 1.29 is 14.7 Å². The number of rotatable bonds is 3. The van der Waals surface area contributed by atoms with Gasteiger partial charge < -0.3 is 10.4 Å². The van der Waals surface area contributed by atoms with Crippen molar-refractivity contribution in [2.45, 2.75) is 12.8 Å². The molecule has 1 aromatic rings. The van der Waals surface area contributed by atoms with E-state index in [0.717, 1.165) is 0 Å². The molecule has 5 heteroatoms. The van der Waals surface area contributed by atoms with Gasteiger partial charge in [-0.3, -0.25) is 9.59 Å². The molecular formula is C14H14ClNO3. The number of carboxylic acids is 1. The molecule has 100 valence electrons. The summed E-state index contributed by atoms with van der Waals surface area (Å²) in [5, 5.41) is 12.4. The zero-order chi connectivity index (χ0) is 13.8. The highest BCUT2D eigenvalue weighted by Gasteiger charge is 2.33. The highest BCUT2D eigenvalue weighted by atomic mass is 35.5. The Hall–Kier alpha value is -1.81. The summed E-state index contributed by atoms with van der Waals surface area (Å²) in [5.74, 6) is -2.42. The maximum absolute atomic E-state index is 12.1. The fourth-order valence-corrected chi connectivity index (χ4v) is 2.37. The van der Waals surface area contributed by atoms with E-state index < -0.39 is 17.8 Å². The minimum absolute atomic E-state index is 0.279. The van der Waals surface area contributed by atoms with Crippen molar-refractivity contribution in [1.82, 2.24) is 0 Å². The molecule has 2 atom stereocenters. The number of carbonyl (C=O) groups excluding carboxylic acids is 1. The van der Waals surface area contributed by atoms with Crippen molar-refractivity contribution in [2.75, 3.05) is 5.32 Å². The van der Waals surface area contributed by atoms with Crippen LogP contribution in [0.1, 0.15) is 12.8 Å². The van der Waals surface area contributed by atoms with Gasteiger partial charge in [-0.25, -0.2) is 0 Å². The average Bonchev–Trinajstić information content (AvgIpc) is 2.38.